The van der Waals surface area contributed by atoms with Crippen molar-refractivity contribution in [3.8, 4) is 0 Å². The number of hydrogen-bond acceptors (Lipinski definition) is 2. The number of carbonyl (C=O) groups excluding carboxylic acids is 1. The lowest BCUT2D eigenvalue weighted by atomic mass is 9.82. The van der Waals surface area contributed by atoms with Crippen molar-refractivity contribution >= 4 is 5.91 Å². The molecule has 3 nitrogen and oxygen atoms in total. The van der Waals surface area contributed by atoms with Crippen LogP contribution in [-0.4, -0.2) is 36.0 Å². The molecule has 2 atom stereocenters. The number of halogens is 1. The Bertz CT molecular complexity index is 512. The minimum Gasteiger partial charge on any atom is -0.335 e. The lowest BCUT2D eigenvalue weighted by Gasteiger charge is -2.36. The Kier molecular flexibility index (Phi) is 3.74. The highest BCUT2D eigenvalue weighted by molar-refractivity contribution is 5.88. The second kappa shape index (κ2) is 5.41. The number of benzene rings is 1. The molecule has 2 aliphatic rings. The van der Waals surface area contributed by atoms with Crippen LogP contribution in [0, 0.1) is 5.82 Å². The first-order valence-electron chi connectivity index (χ1n) is 7.79. The van der Waals surface area contributed by atoms with Crippen LogP contribution < -0.4 is 5.32 Å². The Morgan fingerprint density at radius 3 is 2.57 bits per heavy atom. The topological polar surface area (TPSA) is 32.3 Å². The largest absolute Gasteiger partial charge is 0.335 e. The maximum atomic E-state index is 13.1. The molecule has 0 spiro atoms. The van der Waals surface area contributed by atoms with Crippen molar-refractivity contribution in [2.75, 3.05) is 13.1 Å². The Morgan fingerprint density at radius 2 is 1.86 bits per heavy atom. The molecule has 0 aromatic heterocycles. The molecule has 2 heterocycles. The highest BCUT2D eigenvalue weighted by Gasteiger charge is 2.43. The van der Waals surface area contributed by atoms with Crippen LogP contribution in [0.2, 0.25) is 0 Å². The molecule has 2 fully saturated rings. The summed E-state index contributed by atoms with van der Waals surface area (Å²) in [6.45, 7) is 5.77. The average molecular weight is 290 g/mol. The average Bonchev–Trinajstić information content (AvgIpc) is 2.71. The molecule has 1 amide bonds. The van der Waals surface area contributed by atoms with E-state index >= 15 is 0 Å². The van der Waals surface area contributed by atoms with E-state index in [1.807, 2.05) is 13.8 Å². The summed E-state index contributed by atoms with van der Waals surface area (Å²) in [4.78, 5) is 15.2. The standard InChI is InChI=1S/C17H23FN2O/c1-17(2,12-3-5-13(18)6-4-12)16(21)20-14-7-8-15(20)11-19-10-9-14/h3-6,14-15,19H,7-11H2,1-2H3. The molecular formula is C17H23FN2O. The van der Waals surface area contributed by atoms with Crippen LogP contribution in [0.15, 0.2) is 24.3 Å². The summed E-state index contributed by atoms with van der Waals surface area (Å²) in [7, 11) is 0. The van der Waals surface area contributed by atoms with E-state index in [1.165, 1.54) is 12.1 Å². The van der Waals surface area contributed by atoms with Gasteiger partial charge in [0.1, 0.15) is 5.82 Å². The van der Waals surface area contributed by atoms with Gasteiger partial charge in [0.15, 0.2) is 0 Å². The maximum Gasteiger partial charge on any atom is 0.233 e. The number of amides is 1. The minimum absolute atomic E-state index is 0.172. The predicted molar refractivity (Wildman–Crippen MR) is 80.6 cm³/mol. The van der Waals surface area contributed by atoms with Crippen molar-refractivity contribution in [2.45, 2.75) is 50.6 Å². The normalized spacial score (nSPS) is 25.8. The van der Waals surface area contributed by atoms with Gasteiger partial charge in [0.05, 0.1) is 5.41 Å². The van der Waals surface area contributed by atoms with Gasteiger partial charge < -0.3 is 10.2 Å². The van der Waals surface area contributed by atoms with E-state index in [0.29, 0.717) is 12.1 Å². The van der Waals surface area contributed by atoms with Gasteiger partial charge >= 0.3 is 0 Å². The van der Waals surface area contributed by atoms with Crippen LogP contribution in [0.5, 0.6) is 0 Å². The summed E-state index contributed by atoms with van der Waals surface area (Å²) in [5.41, 5.74) is 0.268. The van der Waals surface area contributed by atoms with E-state index in [2.05, 4.69) is 10.2 Å². The smallest absolute Gasteiger partial charge is 0.233 e. The van der Waals surface area contributed by atoms with Crippen molar-refractivity contribution in [3.63, 3.8) is 0 Å². The first-order valence-corrected chi connectivity index (χ1v) is 7.79. The fraction of sp³-hybridized carbons (Fsp3) is 0.588. The first kappa shape index (κ1) is 14.5. The SMILES string of the molecule is CC(C)(C(=O)N1C2CCNCC1CC2)c1ccc(F)cc1. The van der Waals surface area contributed by atoms with Gasteiger partial charge in [-0.25, -0.2) is 4.39 Å². The highest BCUT2D eigenvalue weighted by atomic mass is 19.1. The molecule has 3 rings (SSSR count). The third-order valence-electron chi connectivity index (χ3n) is 4.99. The summed E-state index contributed by atoms with van der Waals surface area (Å²) in [6.07, 6.45) is 3.22. The zero-order chi connectivity index (χ0) is 15.0. The van der Waals surface area contributed by atoms with E-state index < -0.39 is 5.41 Å². The lowest BCUT2D eigenvalue weighted by molar-refractivity contribution is -0.139. The van der Waals surface area contributed by atoms with Gasteiger partial charge in [-0.2, -0.15) is 0 Å². The summed E-state index contributed by atoms with van der Waals surface area (Å²) in [5.74, 6) is -0.0913. The summed E-state index contributed by atoms with van der Waals surface area (Å²) >= 11 is 0. The maximum absolute atomic E-state index is 13.1. The monoisotopic (exact) mass is 290 g/mol. The third kappa shape index (κ3) is 2.57. The zero-order valence-electron chi connectivity index (χ0n) is 12.7. The fourth-order valence-electron chi connectivity index (χ4n) is 3.63. The zero-order valence-corrected chi connectivity index (χ0v) is 12.7. The van der Waals surface area contributed by atoms with Gasteiger partial charge in [-0.3, -0.25) is 4.79 Å². The second-order valence-electron chi connectivity index (χ2n) is 6.72. The van der Waals surface area contributed by atoms with Gasteiger partial charge in [0.25, 0.3) is 0 Å². The van der Waals surface area contributed by atoms with E-state index in [4.69, 9.17) is 0 Å². The molecule has 1 aromatic carbocycles. The van der Waals surface area contributed by atoms with Crippen molar-refractivity contribution < 1.29 is 9.18 Å². The molecule has 2 saturated heterocycles. The molecule has 4 heteroatoms. The molecule has 114 valence electrons. The summed E-state index contributed by atoms with van der Waals surface area (Å²) < 4.78 is 13.1. The van der Waals surface area contributed by atoms with Gasteiger partial charge in [-0.15, -0.1) is 0 Å². The Morgan fingerprint density at radius 1 is 1.19 bits per heavy atom. The van der Waals surface area contributed by atoms with Crippen LogP contribution in [0.1, 0.15) is 38.7 Å². The van der Waals surface area contributed by atoms with Crippen LogP contribution >= 0.6 is 0 Å². The summed E-state index contributed by atoms with van der Waals surface area (Å²) in [6, 6.07) is 6.99. The molecule has 2 bridgehead atoms. The van der Waals surface area contributed by atoms with Crippen LogP contribution in [0.4, 0.5) is 4.39 Å². The minimum atomic E-state index is -0.612. The third-order valence-corrected chi connectivity index (χ3v) is 4.99. The molecule has 0 aliphatic carbocycles. The number of nitrogens with one attached hydrogen (secondary N) is 1. The Hall–Kier alpha value is -1.42. The van der Waals surface area contributed by atoms with Gasteiger partial charge in [-0.05, 0) is 57.4 Å². The van der Waals surface area contributed by atoms with E-state index in [-0.39, 0.29) is 11.7 Å². The summed E-state index contributed by atoms with van der Waals surface area (Å²) in [5, 5.41) is 3.42. The number of fused-ring (bicyclic) bond motifs is 2. The van der Waals surface area contributed by atoms with Crippen LogP contribution in [-0.2, 0) is 10.2 Å². The van der Waals surface area contributed by atoms with Crippen molar-refractivity contribution in [1.82, 2.24) is 10.2 Å². The molecule has 2 aliphatic heterocycles. The molecule has 0 saturated carbocycles. The quantitative estimate of drug-likeness (QED) is 0.907. The van der Waals surface area contributed by atoms with Gasteiger partial charge in [0, 0.05) is 18.6 Å². The number of nitrogens with zero attached hydrogens (tertiary/aromatic N) is 1. The van der Waals surface area contributed by atoms with E-state index in [1.54, 1.807) is 12.1 Å². The molecule has 0 radical (unpaired) electrons. The van der Waals surface area contributed by atoms with Crippen molar-refractivity contribution in [3.05, 3.63) is 35.6 Å². The van der Waals surface area contributed by atoms with E-state index in [9.17, 15) is 9.18 Å². The Labute approximate surface area is 125 Å². The Balaban J connectivity index is 1.87. The first-order chi connectivity index (χ1) is 10.00. The van der Waals surface area contributed by atoms with Gasteiger partial charge in [0.2, 0.25) is 5.91 Å². The fourth-order valence-corrected chi connectivity index (χ4v) is 3.63. The molecule has 21 heavy (non-hydrogen) atoms. The predicted octanol–water partition coefficient (Wildman–Crippen LogP) is 2.46. The number of rotatable bonds is 2. The lowest BCUT2D eigenvalue weighted by Crippen LogP contribution is -2.50. The molecular weight excluding hydrogens is 267 g/mol. The number of carbonyl (C=O) groups is 1. The van der Waals surface area contributed by atoms with Crippen LogP contribution in [0.3, 0.4) is 0 Å². The molecule has 1 N–H and O–H groups in total. The van der Waals surface area contributed by atoms with Crippen LogP contribution in [0.25, 0.3) is 0 Å². The van der Waals surface area contributed by atoms with E-state index in [0.717, 1.165) is 37.9 Å². The highest BCUT2D eigenvalue weighted by Crippen LogP contribution is 2.34. The van der Waals surface area contributed by atoms with Gasteiger partial charge in [-0.1, -0.05) is 12.1 Å². The van der Waals surface area contributed by atoms with Crippen molar-refractivity contribution in [1.29, 1.82) is 0 Å². The second-order valence-corrected chi connectivity index (χ2v) is 6.72. The molecule has 2 unspecified atom stereocenters. The molecule has 1 aromatic rings. The number of hydrogen-bond donors (Lipinski definition) is 1. The van der Waals surface area contributed by atoms with Crippen molar-refractivity contribution in [2.24, 2.45) is 0 Å².